The van der Waals surface area contributed by atoms with Crippen LogP contribution in [-0.2, 0) is 0 Å². The third kappa shape index (κ3) is 2.69. The molecule has 6 heteroatoms. The lowest BCUT2D eigenvalue weighted by atomic mass is 10.3. The Morgan fingerprint density at radius 2 is 2.20 bits per heavy atom. The first-order chi connectivity index (χ1) is 7.20. The van der Waals surface area contributed by atoms with E-state index in [1.807, 2.05) is 11.9 Å². The van der Waals surface area contributed by atoms with E-state index in [4.69, 9.17) is 11.6 Å². The fraction of sp³-hybridized carbons (Fsp3) is 0.556. The predicted octanol–water partition coefficient (Wildman–Crippen LogP) is 0.581. The maximum atomic E-state index is 5.86. The van der Waals surface area contributed by atoms with Crippen molar-refractivity contribution in [3.05, 3.63) is 6.33 Å². The Balaban J connectivity index is 2.83. The van der Waals surface area contributed by atoms with Gasteiger partial charge in [-0.1, -0.05) is 13.3 Å². The van der Waals surface area contributed by atoms with E-state index in [2.05, 4.69) is 22.3 Å². The van der Waals surface area contributed by atoms with E-state index in [1.54, 1.807) is 0 Å². The van der Waals surface area contributed by atoms with E-state index in [0.29, 0.717) is 17.3 Å². The smallest absolute Gasteiger partial charge is 0.168 e. The van der Waals surface area contributed by atoms with Crippen molar-refractivity contribution in [2.75, 3.05) is 29.7 Å². The van der Waals surface area contributed by atoms with Gasteiger partial charge in [-0.05, 0) is 6.42 Å². The maximum absolute atomic E-state index is 5.86. The van der Waals surface area contributed by atoms with Crippen molar-refractivity contribution in [1.82, 2.24) is 9.97 Å². The van der Waals surface area contributed by atoms with Gasteiger partial charge < -0.3 is 16.1 Å². The monoisotopic (exact) mass is 210 g/mol. The van der Waals surface area contributed by atoms with E-state index < -0.39 is 0 Å². The van der Waals surface area contributed by atoms with Crippen molar-refractivity contribution in [3.63, 3.8) is 0 Å². The number of hydrogen-bond acceptors (Lipinski definition) is 6. The van der Waals surface area contributed by atoms with Crippen LogP contribution in [0.5, 0.6) is 0 Å². The van der Waals surface area contributed by atoms with Crippen LogP contribution in [0.3, 0.4) is 0 Å². The standard InChI is InChI=1S/C9H18N6/c1-3-4-5-15(2)9-7(10)8(14-11)12-6-13-9/h6H,3-5,10-11H2,1-2H3,(H,12,13,14). The van der Waals surface area contributed by atoms with E-state index in [-0.39, 0.29) is 0 Å². The number of hydrogen-bond donors (Lipinski definition) is 3. The predicted molar refractivity (Wildman–Crippen MR) is 62.4 cm³/mol. The molecule has 15 heavy (non-hydrogen) atoms. The summed E-state index contributed by atoms with van der Waals surface area (Å²) in [5, 5.41) is 0. The van der Waals surface area contributed by atoms with Crippen LogP contribution in [0.25, 0.3) is 0 Å². The molecule has 0 radical (unpaired) electrons. The van der Waals surface area contributed by atoms with Crippen LogP contribution in [0.15, 0.2) is 6.33 Å². The summed E-state index contributed by atoms with van der Waals surface area (Å²) in [7, 11) is 1.95. The zero-order chi connectivity index (χ0) is 11.3. The summed E-state index contributed by atoms with van der Waals surface area (Å²) in [5.41, 5.74) is 8.79. The highest BCUT2D eigenvalue weighted by atomic mass is 15.3. The molecule has 0 unspecified atom stereocenters. The molecular formula is C9H18N6. The van der Waals surface area contributed by atoms with E-state index in [9.17, 15) is 0 Å². The van der Waals surface area contributed by atoms with Gasteiger partial charge in [0, 0.05) is 13.6 Å². The molecular weight excluding hydrogens is 192 g/mol. The average Bonchev–Trinajstić information content (AvgIpc) is 2.26. The van der Waals surface area contributed by atoms with Gasteiger partial charge in [-0.2, -0.15) is 0 Å². The molecule has 0 bridgehead atoms. The Bertz CT molecular complexity index is 313. The number of hydrazine groups is 1. The highest BCUT2D eigenvalue weighted by Crippen LogP contribution is 2.24. The van der Waals surface area contributed by atoms with Gasteiger partial charge in [0.05, 0.1) is 0 Å². The van der Waals surface area contributed by atoms with Crippen molar-refractivity contribution >= 4 is 17.3 Å². The summed E-state index contributed by atoms with van der Waals surface area (Å²) < 4.78 is 0. The van der Waals surface area contributed by atoms with E-state index in [0.717, 1.165) is 19.4 Å². The molecule has 0 aliphatic rings. The van der Waals surface area contributed by atoms with Gasteiger partial charge in [0.2, 0.25) is 0 Å². The number of rotatable bonds is 5. The highest BCUT2D eigenvalue weighted by molar-refractivity contribution is 5.74. The molecule has 1 heterocycles. The van der Waals surface area contributed by atoms with Gasteiger partial charge >= 0.3 is 0 Å². The second kappa shape index (κ2) is 5.35. The number of nitrogens with two attached hydrogens (primary N) is 2. The minimum Gasteiger partial charge on any atom is -0.393 e. The Morgan fingerprint density at radius 1 is 1.47 bits per heavy atom. The van der Waals surface area contributed by atoms with E-state index in [1.165, 1.54) is 6.33 Å². The van der Waals surface area contributed by atoms with Crippen LogP contribution in [-0.4, -0.2) is 23.6 Å². The second-order valence-electron chi connectivity index (χ2n) is 3.38. The zero-order valence-corrected chi connectivity index (χ0v) is 9.20. The number of nitrogens with zero attached hydrogens (tertiary/aromatic N) is 3. The third-order valence-electron chi connectivity index (χ3n) is 2.21. The molecule has 0 spiro atoms. The van der Waals surface area contributed by atoms with Gasteiger partial charge in [0.15, 0.2) is 11.6 Å². The van der Waals surface area contributed by atoms with Crippen molar-refractivity contribution in [1.29, 1.82) is 0 Å². The molecule has 84 valence electrons. The Morgan fingerprint density at radius 3 is 2.80 bits per heavy atom. The number of nitrogens with one attached hydrogen (secondary N) is 1. The molecule has 0 aliphatic carbocycles. The number of aromatic nitrogens is 2. The minimum absolute atomic E-state index is 0.461. The zero-order valence-electron chi connectivity index (χ0n) is 9.20. The van der Waals surface area contributed by atoms with Crippen LogP contribution in [0.2, 0.25) is 0 Å². The normalized spacial score (nSPS) is 10.1. The topological polar surface area (TPSA) is 93.1 Å². The molecule has 0 aromatic carbocycles. The minimum atomic E-state index is 0.461. The first-order valence-electron chi connectivity index (χ1n) is 4.99. The summed E-state index contributed by atoms with van der Waals surface area (Å²) in [4.78, 5) is 10.1. The Kier molecular flexibility index (Phi) is 4.11. The van der Waals surface area contributed by atoms with Gasteiger partial charge in [0.25, 0.3) is 0 Å². The lowest BCUT2D eigenvalue weighted by molar-refractivity contribution is 0.759. The van der Waals surface area contributed by atoms with Gasteiger partial charge in [-0.3, -0.25) is 0 Å². The third-order valence-corrected chi connectivity index (χ3v) is 2.21. The highest BCUT2D eigenvalue weighted by Gasteiger charge is 2.10. The number of unbranched alkanes of at least 4 members (excludes halogenated alkanes) is 1. The van der Waals surface area contributed by atoms with Crippen molar-refractivity contribution in [2.24, 2.45) is 5.84 Å². The Labute approximate surface area is 89.7 Å². The van der Waals surface area contributed by atoms with Gasteiger partial charge in [0.1, 0.15) is 12.0 Å². The second-order valence-corrected chi connectivity index (χ2v) is 3.38. The fourth-order valence-corrected chi connectivity index (χ4v) is 1.31. The molecule has 0 atom stereocenters. The van der Waals surface area contributed by atoms with Crippen LogP contribution in [0.1, 0.15) is 19.8 Å². The van der Waals surface area contributed by atoms with Crippen LogP contribution in [0, 0.1) is 0 Å². The summed E-state index contributed by atoms with van der Waals surface area (Å²) in [6, 6.07) is 0. The molecule has 1 rings (SSSR count). The molecule has 0 amide bonds. The summed E-state index contributed by atoms with van der Waals surface area (Å²) in [5.74, 6) is 6.46. The average molecular weight is 210 g/mol. The largest absolute Gasteiger partial charge is 0.393 e. The lowest BCUT2D eigenvalue weighted by Crippen LogP contribution is -2.22. The molecule has 5 N–H and O–H groups in total. The maximum Gasteiger partial charge on any atom is 0.168 e. The Hall–Kier alpha value is -1.56. The molecule has 6 nitrogen and oxygen atoms in total. The van der Waals surface area contributed by atoms with Crippen molar-refractivity contribution in [3.8, 4) is 0 Å². The molecule has 1 aromatic rings. The first-order valence-corrected chi connectivity index (χ1v) is 4.99. The molecule has 0 saturated heterocycles. The van der Waals surface area contributed by atoms with Crippen LogP contribution in [0.4, 0.5) is 17.3 Å². The molecule has 0 saturated carbocycles. The number of nitrogen functional groups attached to an aromatic ring is 2. The lowest BCUT2D eigenvalue weighted by Gasteiger charge is -2.19. The van der Waals surface area contributed by atoms with Crippen LogP contribution < -0.4 is 21.9 Å². The summed E-state index contributed by atoms with van der Waals surface area (Å²) in [6.45, 7) is 3.06. The van der Waals surface area contributed by atoms with Gasteiger partial charge in [-0.15, -0.1) is 0 Å². The summed E-state index contributed by atoms with van der Waals surface area (Å²) in [6.07, 6.45) is 3.69. The molecule has 0 aliphatic heterocycles. The SMILES string of the molecule is CCCCN(C)c1ncnc(NN)c1N. The first kappa shape index (κ1) is 11.5. The molecule has 1 aromatic heterocycles. The van der Waals surface area contributed by atoms with Crippen molar-refractivity contribution in [2.45, 2.75) is 19.8 Å². The fourth-order valence-electron chi connectivity index (χ4n) is 1.31. The summed E-state index contributed by atoms with van der Waals surface area (Å²) >= 11 is 0. The van der Waals surface area contributed by atoms with E-state index >= 15 is 0 Å². The van der Waals surface area contributed by atoms with Crippen molar-refractivity contribution < 1.29 is 0 Å². The van der Waals surface area contributed by atoms with Gasteiger partial charge in [-0.25, -0.2) is 15.8 Å². The quantitative estimate of drug-likeness (QED) is 0.486. The molecule has 0 fully saturated rings. The van der Waals surface area contributed by atoms with Crippen LogP contribution >= 0.6 is 0 Å². The number of anilines is 3.